The van der Waals surface area contributed by atoms with Gasteiger partial charge in [0.2, 0.25) is 0 Å². The first-order valence-corrected chi connectivity index (χ1v) is 11.8. The predicted molar refractivity (Wildman–Crippen MR) is 125 cm³/mol. The lowest BCUT2D eigenvalue weighted by Crippen LogP contribution is -2.11. The lowest BCUT2D eigenvalue weighted by atomic mass is 10.1. The van der Waals surface area contributed by atoms with Crippen molar-refractivity contribution in [2.24, 2.45) is 0 Å². The highest BCUT2D eigenvalue weighted by Crippen LogP contribution is 2.38. The zero-order valence-electron chi connectivity index (χ0n) is 16.9. The number of aromatic nitrogens is 2. The van der Waals surface area contributed by atoms with Gasteiger partial charge in [-0.05, 0) is 48.0 Å². The first-order valence-electron chi connectivity index (χ1n) is 9.55. The van der Waals surface area contributed by atoms with Crippen LogP contribution >= 0.6 is 11.3 Å². The van der Waals surface area contributed by atoms with E-state index in [4.69, 9.17) is 10.5 Å². The highest BCUT2D eigenvalue weighted by atomic mass is 32.2. The molecule has 0 amide bonds. The Morgan fingerprint density at radius 2 is 1.81 bits per heavy atom. The van der Waals surface area contributed by atoms with Crippen molar-refractivity contribution in [2.45, 2.75) is 11.8 Å². The molecule has 0 unspecified atom stereocenters. The highest BCUT2D eigenvalue weighted by Gasteiger charge is 2.24. The average molecular weight is 450 g/mol. The number of nitrogen functional groups attached to an aromatic ring is 1. The van der Waals surface area contributed by atoms with Crippen LogP contribution in [0.2, 0.25) is 0 Å². The summed E-state index contributed by atoms with van der Waals surface area (Å²) in [5.74, 6) is 0.635. The number of anilines is 1. The summed E-state index contributed by atoms with van der Waals surface area (Å²) in [6.45, 7) is 1.92. The van der Waals surface area contributed by atoms with E-state index in [2.05, 4.69) is 4.98 Å². The Hall–Kier alpha value is -3.36. The molecule has 156 valence electrons. The van der Waals surface area contributed by atoms with Crippen LogP contribution in [0, 0.1) is 6.92 Å². The summed E-state index contributed by atoms with van der Waals surface area (Å²) < 4.78 is 34.0. The van der Waals surface area contributed by atoms with Crippen molar-refractivity contribution >= 4 is 48.2 Å². The molecule has 0 bridgehead atoms. The summed E-state index contributed by atoms with van der Waals surface area (Å²) in [5.41, 5.74) is 7.83. The van der Waals surface area contributed by atoms with Crippen LogP contribution in [-0.2, 0) is 10.0 Å². The lowest BCUT2D eigenvalue weighted by molar-refractivity contribution is 0.415. The number of hydrogen-bond acceptors (Lipinski definition) is 6. The van der Waals surface area contributed by atoms with E-state index >= 15 is 0 Å². The predicted octanol–water partition coefficient (Wildman–Crippen LogP) is 5.05. The number of benzene rings is 3. The monoisotopic (exact) mass is 449 g/mol. The minimum absolute atomic E-state index is 0.222. The third kappa shape index (κ3) is 3.15. The van der Waals surface area contributed by atoms with E-state index < -0.39 is 10.0 Å². The molecule has 2 N–H and O–H groups in total. The number of methoxy groups -OCH3 is 1. The molecule has 8 heteroatoms. The Morgan fingerprint density at radius 1 is 1.03 bits per heavy atom. The molecule has 2 aromatic heterocycles. The van der Waals surface area contributed by atoms with E-state index in [0.29, 0.717) is 27.7 Å². The lowest BCUT2D eigenvalue weighted by Gasteiger charge is -2.09. The second kappa shape index (κ2) is 7.11. The van der Waals surface area contributed by atoms with Gasteiger partial charge in [-0.1, -0.05) is 30.3 Å². The van der Waals surface area contributed by atoms with Gasteiger partial charge in [-0.2, -0.15) is 0 Å². The van der Waals surface area contributed by atoms with Crippen molar-refractivity contribution in [1.29, 1.82) is 0 Å². The molecule has 0 aliphatic carbocycles. The normalized spacial score (nSPS) is 11.9. The SMILES string of the molecule is COc1ccc2c(c1)c(-c1nc(N)sc1C)cn2S(=O)(=O)c1ccc2ccccc2c1. The van der Waals surface area contributed by atoms with Gasteiger partial charge < -0.3 is 10.5 Å². The molecule has 0 saturated heterocycles. The maximum absolute atomic E-state index is 13.7. The molecule has 0 fully saturated rings. The van der Waals surface area contributed by atoms with Gasteiger partial charge in [0.05, 0.1) is 23.2 Å². The smallest absolute Gasteiger partial charge is 0.268 e. The van der Waals surface area contributed by atoms with Crippen molar-refractivity contribution in [3.63, 3.8) is 0 Å². The minimum atomic E-state index is -3.85. The van der Waals surface area contributed by atoms with E-state index in [1.54, 1.807) is 37.6 Å². The standard InChI is InChI=1S/C23H19N3O3S2/c1-14-22(25-23(24)30-14)20-13-26(21-10-8-17(29-2)12-19(20)21)31(27,28)18-9-7-15-5-3-4-6-16(15)11-18/h3-13H,1-2H3,(H2,24,25). The Morgan fingerprint density at radius 3 is 2.52 bits per heavy atom. The second-order valence-corrected chi connectivity index (χ2v) is 10.2. The van der Waals surface area contributed by atoms with E-state index in [1.807, 2.05) is 43.3 Å². The van der Waals surface area contributed by atoms with Gasteiger partial charge in [-0.3, -0.25) is 0 Å². The molecular formula is C23H19N3O3S2. The Kier molecular flexibility index (Phi) is 4.49. The molecule has 5 rings (SSSR count). The first kappa shape index (κ1) is 19.6. The van der Waals surface area contributed by atoms with Crippen LogP contribution in [0.15, 0.2) is 71.8 Å². The second-order valence-electron chi connectivity index (χ2n) is 7.19. The molecule has 3 aromatic carbocycles. The van der Waals surface area contributed by atoms with Crippen LogP contribution in [0.3, 0.4) is 0 Å². The summed E-state index contributed by atoms with van der Waals surface area (Å²) >= 11 is 1.37. The van der Waals surface area contributed by atoms with Crippen LogP contribution in [0.5, 0.6) is 5.75 Å². The number of aryl methyl sites for hydroxylation is 1. The van der Waals surface area contributed by atoms with Crippen molar-refractivity contribution in [3.8, 4) is 17.0 Å². The maximum Gasteiger partial charge on any atom is 0.268 e. The zero-order chi connectivity index (χ0) is 21.8. The third-order valence-corrected chi connectivity index (χ3v) is 7.79. The van der Waals surface area contributed by atoms with Crippen LogP contribution in [0.25, 0.3) is 32.9 Å². The number of ether oxygens (including phenoxy) is 1. The summed E-state index contributed by atoms with van der Waals surface area (Å²) in [6.07, 6.45) is 1.62. The first-order chi connectivity index (χ1) is 14.9. The molecule has 0 aliphatic heterocycles. The number of thiazole rings is 1. The van der Waals surface area contributed by atoms with E-state index in [1.165, 1.54) is 15.3 Å². The molecule has 0 aliphatic rings. The van der Waals surface area contributed by atoms with Crippen molar-refractivity contribution in [1.82, 2.24) is 8.96 Å². The number of nitrogens with zero attached hydrogens (tertiary/aromatic N) is 2. The maximum atomic E-state index is 13.7. The molecule has 5 aromatic rings. The van der Waals surface area contributed by atoms with Gasteiger partial charge >= 0.3 is 0 Å². The number of fused-ring (bicyclic) bond motifs is 2. The van der Waals surface area contributed by atoms with Crippen LogP contribution < -0.4 is 10.5 Å². The van der Waals surface area contributed by atoms with Crippen LogP contribution in [0.4, 0.5) is 5.13 Å². The Balaban J connectivity index is 1.78. The summed E-state index contributed by atoms with van der Waals surface area (Å²) in [6, 6.07) is 18.2. The molecule has 31 heavy (non-hydrogen) atoms. The fourth-order valence-corrected chi connectivity index (χ4v) is 5.91. The molecule has 0 atom stereocenters. The van der Waals surface area contributed by atoms with Crippen molar-refractivity contribution in [3.05, 3.63) is 71.7 Å². The average Bonchev–Trinajstić information content (AvgIpc) is 3.32. The topological polar surface area (TPSA) is 87.2 Å². The van der Waals surface area contributed by atoms with Gasteiger partial charge in [0.1, 0.15) is 5.75 Å². The molecule has 0 radical (unpaired) electrons. The fourth-order valence-electron chi connectivity index (χ4n) is 3.80. The van der Waals surface area contributed by atoms with E-state index in [0.717, 1.165) is 21.0 Å². The Labute approximate surface area is 183 Å². The van der Waals surface area contributed by atoms with Crippen molar-refractivity contribution < 1.29 is 13.2 Å². The zero-order valence-corrected chi connectivity index (χ0v) is 18.5. The molecule has 0 saturated carbocycles. The number of hydrogen-bond donors (Lipinski definition) is 1. The fraction of sp³-hybridized carbons (Fsp3) is 0.0870. The highest BCUT2D eigenvalue weighted by molar-refractivity contribution is 7.90. The molecular weight excluding hydrogens is 430 g/mol. The minimum Gasteiger partial charge on any atom is -0.497 e. The molecule has 2 heterocycles. The Bertz CT molecular complexity index is 1570. The number of nitrogens with two attached hydrogens (primary N) is 1. The van der Waals surface area contributed by atoms with E-state index in [9.17, 15) is 8.42 Å². The van der Waals surface area contributed by atoms with Crippen LogP contribution in [-0.4, -0.2) is 24.5 Å². The third-order valence-electron chi connectivity index (χ3n) is 5.32. The number of rotatable bonds is 4. The van der Waals surface area contributed by atoms with Gasteiger partial charge in [0.25, 0.3) is 10.0 Å². The van der Waals surface area contributed by atoms with Gasteiger partial charge in [-0.15, -0.1) is 11.3 Å². The summed E-state index contributed by atoms with van der Waals surface area (Å²) in [7, 11) is -2.27. The van der Waals surface area contributed by atoms with Gasteiger partial charge in [0, 0.05) is 22.0 Å². The van der Waals surface area contributed by atoms with Gasteiger partial charge in [0.15, 0.2) is 5.13 Å². The van der Waals surface area contributed by atoms with E-state index in [-0.39, 0.29) is 4.90 Å². The summed E-state index contributed by atoms with van der Waals surface area (Å²) in [4.78, 5) is 5.58. The largest absolute Gasteiger partial charge is 0.497 e. The quantitative estimate of drug-likeness (QED) is 0.415. The van der Waals surface area contributed by atoms with Gasteiger partial charge in [-0.25, -0.2) is 17.4 Å². The van der Waals surface area contributed by atoms with Crippen molar-refractivity contribution in [2.75, 3.05) is 12.8 Å². The molecule has 0 spiro atoms. The molecule has 6 nitrogen and oxygen atoms in total. The summed E-state index contributed by atoms with van der Waals surface area (Å²) in [5, 5.41) is 3.02. The van der Waals surface area contributed by atoms with Crippen LogP contribution in [0.1, 0.15) is 4.88 Å².